The second-order valence-electron chi connectivity index (χ2n) is 3.26. The zero-order valence-corrected chi connectivity index (χ0v) is 7.13. The summed E-state index contributed by atoms with van der Waals surface area (Å²) >= 11 is 0. The topological polar surface area (TPSA) is 12.5 Å². The summed E-state index contributed by atoms with van der Waals surface area (Å²) in [5.74, 6) is 0. The van der Waals surface area contributed by atoms with Crippen LogP contribution >= 0.6 is 0 Å². The molecule has 2 nitrogen and oxygen atoms in total. The summed E-state index contributed by atoms with van der Waals surface area (Å²) in [7, 11) is 2.16. The van der Waals surface area contributed by atoms with Crippen LogP contribution in [-0.2, 0) is 4.74 Å². The molecular formula is C8H17NO. The minimum absolute atomic E-state index is 0.451. The number of rotatable bonds is 0. The van der Waals surface area contributed by atoms with Crippen LogP contribution in [0.4, 0.5) is 0 Å². The minimum atomic E-state index is 0.451. The van der Waals surface area contributed by atoms with Gasteiger partial charge in [0.25, 0.3) is 0 Å². The molecule has 0 bridgehead atoms. The van der Waals surface area contributed by atoms with Gasteiger partial charge in [-0.3, -0.25) is 0 Å². The number of likely N-dealkylation sites (N-methyl/N-ethyl adjacent to an activating group) is 1. The Morgan fingerprint density at radius 3 is 2.80 bits per heavy atom. The molecule has 0 aromatic heterocycles. The number of nitrogens with zero attached hydrogens (tertiary/aromatic N) is 1. The molecular weight excluding hydrogens is 126 g/mol. The van der Waals surface area contributed by atoms with Gasteiger partial charge in [-0.25, -0.2) is 0 Å². The van der Waals surface area contributed by atoms with Gasteiger partial charge >= 0.3 is 0 Å². The smallest absolute Gasteiger partial charge is 0.0622 e. The summed E-state index contributed by atoms with van der Waals surface area (Å²) in [4.78, 5) is 2.35. The van der Waals surface area contributed by atoms with Gasteiger partial charge in [0.15, 0.2) is 0 Å². The van der Waals surface area contributed by atoms with E-state index in [9.17, 15) is 0 Å². The third-order valence-corrected chi connectivity index (χ3v) is 2.26. The molecule has 0 saturated carbocycles. The largest absolute Gasteiger partial charge is 0.377 e. The lowest BCUT2D eigenvalue weighted by molar-refractivity contribution is 0.0591. The summed E-state index contributed by atoms with van der Waals surface area (Å²) in [6.45, 7) is 6.41. The van der Waals surface area contributed by atoms with E-state index in [1.165, 1.54) is 13.0 Å². The van der Waals surface area contributed by atoms with Crippen LogP contribution in [0.3, 0.4) is 0 Å². The van der Waals surface area contributed by atoms with E-state index in [-0.39, 0.29) is 0 Å². The van der Waals surface area contributed by atoms with E-state index < -0.39 is 0 Å². The average molecular weight is 143 g/mol. The van der Waals surface area contributed by atoms with Crippen LogP contribution in [0.25, 0.3) is 0 Å². The van der Waals surface area contributed by atoms with Crippen LogP contribution < -0.4 is 0 Å². The van der Waals surface area contributed by atoms with E-state index in [0.717, 1.165) is 6.61 Å². The Bertz CT molecular complexity index is 93.4. The van der Waals surface area contributed by atoms with E-state index in [2.05, 4.69) is 25.8 Å². The second-order valence-corrected chi connectivity index (χ2v) is 3.26. The summed E-state index contributed by atoms with van der Waals surface area (Å²) in [6, 6.07) is 0.588. The van der Waals surface area contributed by atoms with Gasteiger partial charge in [-0.05, 0) is 27.3 Å². The first kappa shape index (κ1) is 8.02. The Kier molecular flexibility index (Phi) is 2.69. The van der Waals surface area contributed by atoms with Crippen molar-refractivity contribution < 1.29 is 4.74 Å². The van der Waals surface area contributed by atoms with Crippen molar-refractivity contribution in [3.63, 3.8) is 0 Å². The SMILES string of the molecule is CC1CO[C@H](C)CCN1C. The highest BCUT2D eigenvalue weighted by atomic mass is 16.5. The molecule has 0 aromatic carbocycles. The summed E-state index contributed by atoms with van der Waals surface area (Å²) in [6.07, 6.45) is 1.62. The Morgan fingerprint density at radius 1 is 1.40 bits per heavy atom. The molecule has 1 saturated heterocycles. The minimum Gasteiger partial charge on any atom is -0.377 e. The first-order chi connectivity index (χ1) is 4.70. The van der Waals surface area contributed by atoms with E-state index in [1.54, 1.807) is 0 Å². The van der Waals surface area contributed by atoms with Crippen molar-refractivity contribution in [1.82, 2.24) is 4.90 Å². The number of hydrogen-bond acceptors (Lipinski definition) is 2. The average Bonchev–Trinajstić information content (AvgIpc) is 2.04. The van der Waals surface area contributed by atoms with Gasteiger partial charge in [0, 0.05) is 12.6 Å². The predicted octanol–water partition coefficient (Wildman–Crippen LogP) is 1.12. The molecule has 2 heteroatoms. The molecule has 0 aliphatic carbocycles. The van der Waals surface area contributed by atoms with Crippen molar-refractivity contribution in [3.8, 4) is 0 Å². The normalized spacial score (nSPS) is 37.5. The molecule has 1 rings (SSSR count). The maximum absolute atomic E-state index is 5.54. The van der Waals surface area contributed by atoms with E-state index in [1.807, 2.05) is 0 Å². The van der Waals surface area contributed by atoms with Crippen LogP contribution in [0.2, 0.25) is 0 Å². The van der Waals surface area contributed by atoms with Gasteiger partial charge in [-0.2, -0.15) is 0 Å². The van der Waals surface area contributed by atoms with Gasteiger partial charge < -0.3 is 9.64 Å². The van der Waals surface area contributed by atoms with Crippen LogP contribution in [0.15, 0.2) is 0 Å². The van der Waals surface area contributed by atoms with Gasteiger partial charge in [0.2, 0.25) is 0 Å². The fourth-order valence-corrected chi connectivity index (χ4v) is 1.12. The van der Waals surface area contributed by atoms with Gasteiger partial charge in [0.05, 0.1) is 12.7 Å². The molecule has 1 fully saturated rings. The molecule has 60 valence electrons. The molecule has 0 spiro atoms. The zero-order valence-electron chi connectivity index (χ0n) is 7.13. The van der Waals surface area contributed by atoms with Crippen molar-refractivity contribution in [3.05, 3.63) is 0 Å². The number of hydrogen-bond donors (Lipinski definition) is 0. The van der Waals surface area contributed by atoms with E-state index in [0.29, 0.717) is 12.1 Å². The molecule has 1 heterocycles. The molecule has 0 aromatic rings. The van der Waals surface area contributed by atoms with Crippen molar-refractivity contribution >= 4 is 0 Å². The van der Waals surface area contributed by atoms with Gasteiger partial charge in [-0.15, -0.1) is 0 Å². The maximum Gasteiger partial charge on any atom is 0.0622 e. The van der Waals surface area contributed by atoms with Crippen molar-refractivity contribution in [2.24, 2.45) is 0 Å². The third kappa shape index (κ3) is 1.96. The predicted molar refractivity (Wildman–Crippen MR) is 42.1 cm³/mol. The summed E-state index contributed by atoms with van der Waals surface area (Å²) in [5.41, 5.74) is 0. The molecule has 0 N–H and O–H groups in total. The Morgan fingerprint density at radius 2 is 2.10 bits per heavy atom. The molecule has 10 heavy (non-hydrogen) atoms. The maximum atomic E-state index is 5.54. The third-order valence-electron chi connectivity index (χ3n) is 2.26. The van der Waals surface area contributed by atoms with Crippen molar-refractivity contribution in [1.29, 1.82) is 0 Å². The van der Waals surface area contributed by atoms with Crippen molar-refractivity contribution in [2.75, 3.05) is 20.2 Å². The molecule has 0 radical (unpaired) electrons. The highest BCUT2D eigenvalue weighted by Gasteiger charge is 2.16. The monoisotopic (exact) mass is 143 g/mol. The van der Waals surface area contributed by atoms with Gasteiger partial charge in [-0.1, -0.05) is 0 Å². The zero-order chi connectivity index (χ0) is 7.56. The molecule has 1 unspecified atom stereocenters. The van der Waals surface area contributed by atoms with Gasteiger partial charge in [0.1, 0.15) is 0 Å². The highest BCUT2D eigenvalue weighted by molar-refractivity contribution is 4.68. The molecule has 1 aliphatic rings. The fourth-order valence-electron chi connectivity index (χ4n) is 1.12. The first-order valence-corrected chi connectivity index (χ1v) is 4.02. The first-order valence-electron chi connectivity index (χ1n) is 4.02. The van der Waals surface area contributed by atoms with Crippen LogP contribution in [0.5, 0.6) is 0 Å². The van der Waals surface area contributed by atoms with Crippen LogP contribution in [-0.4, -0.2) is 37.2 Å². The number of ether oxygens (including phenoxy) is 1. The molecule has 0 amide bonds. The Hall–Kier alpha value is -0.0800. The van der Waals surface area contributed by atoms with E-state index >= 15 is 0 Å². The van der Waals surface area contributed by atoms with Crippen LogP contribution in [0.1, 0.15) is 20.3 Å². The molecule has 1 aliphatic heterocycles. The standard InChI is InChI=1S/C8H17NO/c1-7-6-10-8(2)4-5-9(7)3/h7-8H,4-6H2,1-3H3/t7?,8-/m1/s1. The summed E-state index contributed by atoms with van der Waals surface area (Å²) in [5, 5.41) is 0. The Labute approximate surface area is 63.2 Å². The summed E-state index contributed by atoms with van der Waals surface area (Å²) < 4.78 is 5.54. The second kappa shape index (κ2) is 3.35. The van der Waals surface area contributed by atoms with Crippen LogP contribution in [0, 0.1) is 0 Å². The molecule has 2 atom stereocenters. The lowest BCUT2D eigenvalue weighted by Gasteiger charge is -2.19. The fraction of sp³-hybridized carbons (Fsp3) is 1.00. The lowest BCUT2D eigenvalue weighted by atomic mass is 10.3. The highest BCUT2D eigenvalue weighted by Crippen LogP contribution is 2.08. The Balaban J connectivity index is 2.38. The quantitative estimate of drug-likeness (QED) is 0.504. The lowest BCUT2D eigenvalue weighted by Crippen LogP contribution is -2.30. The van der Waals surface area contributed by atoms with Crippen molar-refractivity contribution in [2.45, 2.75) is 32.4 Å². The van der Waals surface area contributed by atoms with E-state index in [4.69, 9.17) is 4.74 Å².